The predicted octanol–water partition coefficient (Wildman–Crippen LogP) is 2.01. The maximum absolute atomic E-state index is 4.67. The van der Waals surface area contributed by atoms with E-state index in [4.69, 9.17) is 0 Å². The topological polar surface area (TPSA) is 45.5 Å². The molecule has 21 heavy (non-hydrogen) atoms. The van der Waals surface area contributed by atoms with Gasteiger partial charge in [-0.3, -0.25) is 0 Å². The highest BCUT2D eigenvalue weighted by Gasteiger charge is 2.37. The molecule has 1 atom stereocenters. The molecule has 2 aromatic heterocycles. The summed E-state index contributed by atoms with van der Waals surface area (Å²) in [6.45, 7) is 6.61. The predicted molar refractivity (Wildman–Crippen MR) is 83.7 cm³/mol. The minimum atomic E-state index is 0.445. The molecule has 0 bridgehead atoms. The van der Waals surface area contributed by atoms with E-state index in [9.17, 15) is 0 Å². The van der Waals surface area contributed by atoms with Gasteiger partial charge in [0.25, 0.3) is 0 Å². The number of rotatable bonds is 1. The van der Waals surface area contributed by atoms with Crippen LogP contribution in [-0.2, 0) is 0 Å². The average molecular weight is 285 g/mol. The van der Waals surface area contributed by atoms with E-state index >= 15 is 0 Å². The van der Waals surface area contributed by atoms with Gasteiger partial charge in [0.15, 0.2) is 5.82 Å². The van der Waals surface area contributed by atoms with Crippen LogP contribution in [0.25, 0.3) is 5.52 Å². The smallest absolute Gasteiger partial charge is 0.154 e. The first kappa shape index (κ1) is 13.1. The lowest BCUT2D eigenvalue weighted by atomic mass is 9.74. The van der Waals surface area contributed by atoms with E-state index in [1.807, 2.05) is 23.8 Å². The molecule has 2 fully saturated rings. The van der Waals surface area contributed by atoms with Crippen LogP contribution in [0.15, 0.2) is 18.5 Å². The Morgan fingerprint density at radius 3 is 3.05 bits per heavy atom. The first-order valence-electron chi connectivity index (χ1n) is 8.03. The van der Waals surface area contributed by atoms with Gasteiger partial charge in [0, 0.05) is 37.4 Å². The molecule has 4 rings (SSSR count). The fourth-order valence-corrected chi connectivity index (χ4v) is 4.04. The highest BCUT2D eigenvalue weighted by molar-refractivity contribution is 5.69. The molecule has 2 aliphatic rings. The molecule has 5 nitrogen and oxygen atoms in total. The number of nitrogens with one attached hydrogen (secondary N) is 1. The molecule has 0 saturated carbocycles. The normalized spacial score (nSPS) is 26.6. The summed E-state index contributed by atoms with van der Waals surface area (Å²) in [5.41, 5.74) is 2.63. The number of hydrogen-bond donors (Lipinski definition) is 1. The highest BCUT2D eigenvalue weighted by atomic mass is 15.3. The van der Waals surface area contributed by atoms with Gasteiger partial charge in [0.05, 0.1) is 5.69 Å². The van der Waals surface area contributed by atoms with Crippen molar-refractivity contribution in [3.05, 3.63) is 24.2 Å². The molecule has 4 heterocycles. The van der Waals surface area contributed by atoms with Gasteiger partial charge in [-0.25, -0.2) is 9.50 Å². The van der Waals surface area contributed by atoms with Gasteiger partial charge in [-0.15, -0.1) is 0 Å². The van der Waals surface area contributed by atoms with Crippen LogP contribution in [0.2, 0.25) is 0 Å². The summed E-state index contributed by atoms with van der Waals surface area (Å²) in [6.07, 6.45) is 9.06. The number of piperidine rings is 2. The summed E-state index contributed by atoms with van der Waals surface area (Å²) in [4.78, 5) is 7.15. The van der Waals surface area contributed by atoms with Crippen molar-refractivity contribution in [2.45, 2.75) is 32.6 Å². The molecule has 0 amide bonds. The zero-order valence-corrected chi connectivity index (χ0v) is 12.7. The number of aryl methyl sites for hydroxylation is 1. The molecule has 2 saturated heterocycles. The Kier molecular flexibility index (Phi) is 3.10. The number of hydrogen-bond acceptors (Lipinski definition) is 4. The Labute approximate surface area is 125 Å². The Balaban J connectivity index is 1.68. The standard InChI is InChI=1S/C16H23N5/c1-13-10-14-15(18-7-9-21(14)19-13)20-8-3-5-16(12-20)4-2-6-17-11-16/h7,9-10,17H,2-6,8,11-12H2,1H3. The first-order chi connectivity index (χ1) is 10.3. The lowest BCUT2D eigenvalue weighted by molar-refractivity contribution is 0.173. The molecular weight excluding hydrogens is 262 g/mol. The fraction of sp³-hybridized carbons (Fsp3) is 0.625. The maximum Gasteiger partial charge on any atom is 0.154 e. The summed E-state index contributed by atoms with van der Waals surface area (Å²) in [7, 11) is 0. The highest BCUT2D eigenvalue weighted by Crippen LogP contribution is 2.37. The Morgan fingerprint density at radius 1 is 1.29 bits per heavy atom. The first-order valence-corrected chi connectivity index (χ1v) is 8.03. The third-order valence-corrected chi connectivity index (χ3v) is 5.01. The number of anilines is 1. The van der Waals surface area contributed by atoms with Crippen LogP contribution < -0.4 is 10.2 Å². The molecule has 5 heteroatoms. The monoisotopic (exact) mass is 285 g/mol. The van der Waals surface area contributed by atoms with E-state index in [0.717, 1.165) is 36.7 Å². The van der Waals surface area contributed by atoms with Gasteiger partial charge >= 0.3 is 0 Å². The lowest BCUT2D eigenvalue weighted by Gasteiger charge is -2.45. The molecule has 0 aliphatic carbocycles. The van der Waals surface area contributed by atoms with Crippen LogP contribution in [0, 0.1) is 12.3 Å². The van der Waals surface area contributed by atoms with Gasteiger partial charge < -0.3 is 10.2 Å². The summed E-state index contributed by atoms with van der Waals surface area (Å²) < 4.78 is 1.96. The quantitative estimate of drug-likeness (QED) is 0.870. The Bertz CT molecular complexity index is 636. The zero-order chi connectivity index (χ0) is 14.3. The van der Waals surface area contributed by atoms with Gasteiger partial charge in [0.2, 0.25) is 0 Å². The minimum absolute atomic E-state index is 0.445. The van der Waals surface area contributed by atoms with Gasteiger partial charge in [-0.1, -0.05) is 0 Å². The van der Waals surface area contributed by atoms with E-state index in [-0.39, 0.29) is 0 Å². The van der Waals surface area contributed by atoms with E-state index in [1.54, 1.807) is 0 Å². The van der Waals surface area contributed by atoms with Gasteiger partial charge in [0.1, 0.15) is 5.52 Å². The van der Waals surface area contributed by atoms with Crippen molar-refractivity contribution >= 4 is 11.3 Å². The van der Waals surface area contributed by atoms with E-state index in [1.165, 1.54) is 32.2 Å². The Morgan fingerprint density at radius 2 is 2.19 bits per heavy atom. The molecule has 0 radical (unpaired) electrons. The van der Waals surface area contributed by atoms with Crippen LogP contribution in [0.5, 0.6) is 0 Å². The fourth-order valence-electron chi connectivity index (χ4n) is 4.04. The third kappa shape index (κ3) is 2.29. The van der Waals surface area contributed by atoms with Crippen molar-refractivity contribution in [2.75, 3.05) is 31.1 Å². The minimum Gasteiger partial charge on any atom is -0.354 e. The average Bonchev–Trinajstić information content (AvgIpc) is 2.88. The number of fused-ring (bicyclic) bond motifs is 1. The van der Waals surface area contributed by atoms with Crippen LogP contribution in [0.4, 0.5) is 5.82 Å². The summed E-state index contributed by atoms with van der Waals surface area (Å²) in [5.74, 6) is 1.10. The molecule has 0 aromatic carbocycles. The molecule has 2 aliphatic heterocycles. The van der Waals surface area contributed by atoms with Crippen molar-refractivity contribution in [1.82, 2.24) is 19.9 Å². The maximum atomic E-state index is 4.67. The second kappa shape index (κ2) is 4.98. The molecule has 2 aromatic rings. The van der Waals surface area contributed by atoms with Crippen molar-refractivity contribution in [3.63, 3.8) is 0 Å². The van der Waals surface area contributed by atoms with Gasteiger partial charge in [-0.2, -0.15) is 5.10 Å². The molecule has 1 unspecified atom stereocenters. The van der Waals surface area contributed by atoms with Crippen molar-refractivity contribution < 1.29 is 0 Å². The van der Waals surface area contributed by atoms with Gasteiger partial charge in [-0.05, 0) is 45.2 Å². The number of aromatic nitrogens is 3. The summed E-state index contributed by atoms with van der Waals surface area (Å²) in [5, 5.41) is 8.10. The molecule has 1 spiro atoms. The van der Waals surface area contributed by atoms with Crippen molar-refractivity contribution in [3.8, 4) is 0 Å². The zero-order valence-electron chi connectivity index (χ0n) is 12.7. The molecular formula is C16H23N5. The van der Waals surface area contributed by atoms with Crippen molar-refractivity contribution in [1.29, 1.82) is 0 Å². The largest absolute Gasteiger partial charge is 0.354 e. The number of nitrogens with zero attached hydrogens (tertiary/aromatic N) is 4. The van der Waals surface area contributed by atoms with Crippen LogP contribution in [0.3, 0.4) is 0 Å². The summed E-state index contributed by atoms with van der Waals surface area (Å²) in [6, 6.07) is 2.14. The van der Waals surface area contributed by atoms with Crippen LogP contribution in [-0.4, -0.2) is 40.8 Å². The SMILES string of the molecule is Cc1cc2c(N3CCCC4(CCCNC4)C3)nccn2n1. The lowest BCUT2D eigenvalue weighted by Crippen LogP contribution is -2.51. The third-order valence-electron chi connectivity index (χ3n) is 5.01. The molecule has 1 N–H and O–H groups in total. The Hall–Kier alpha value is -1.62. The van der Waals surface area contributed by atoms with Crippen LogP contribution in [0.1, 0.15) is 31.4 Å². The van der Waals surface area contributed by atoms with Crippen molar-refractivity contribution in [2.24, 2.45) is 5.41 Å². The van der Waals surface area contributed by atoms with Crippen LogP contribution >= 0.6 is 0 Å². The summed E-state index contributed by atoms with van der Waals surface area (Å²) >= 11 is 0. The van der Waals surface area contributed by atoms with E-state index in [2.05, 4.69) is 26.4 Å². The second-order valence-corrected chi connectivity index (χ2v) is 6.67. The van der Waals surface area contributed by atoms with E-state index in [0.29, 0.717) is 5.41 Å². The second-order valence-electron chi connectivity index (χ2n) is 6.67. The van der Waals surface area contributed by atoms with E-state index < -0.39 is 0 Å². The molecule has 112 valence electrons.